The number of amides is 1. The molecule has 0 radical (unpaired) electrons. The number of benzene rings is 2. The summed E-state index contributed by atoms with van der Waals surface area (Å²) in [6, 6.07) is 16.2. The van der Waals surface area contributed by atoms with Gasteiger partial charge in [-0.2, -0.15) is 0 Å². The molecule has 0 bridgehead atoms. The molecule has 0 aliphatic rings. The van der Waals surface area contributed by atoms with Gasteiger partial charge in [0.2, 0.25) is 5.91 Å². The molecule has 3 nitrogen and oxygen atoms in total. The first-order valence-corrected chi connectivity index (χ1v) is 7.33. The van der Waals surface area contributed by atoms with Crippen LogP contribution in [0.15, 0.2) is 48.5 Å². The molecule has 21 heavy (non-hydrogen) atoms. The van der Waals surface area contributed by atoms with Crippen molar-refractivity contribution in [1.29, 1.82) is 0 Å². The summed E-state index contributed by atoms with van der Waals surface area (Å²) in [4.78, 5) is 11.9. The Kier molecular flexibility index (Phi) is 5.38. The summed E-state index contributed by atoms with van der Waals surface area (Å²) in [5, 5.41) is 6.07. The monoisotopic (exact) mass is 282 g/mol. The number of aryl methyl sites for hydroxylation is 2. The lowest BCUT2D eigenvalue weighted by Gasteiger charge is -2.09. The molecule has 0 aromatic heterocycles. The van der Waals surface area contributed by atoms with Crippen LogP contribution in [0.2, 0.25) is 0 Å². The summed E-state index contributed by atoms with van der Waals surface area (Å²) < 4.78 is 0. The Bertz CT molecular complexity index is 590. The zero-order valence-corrected chi connectivity index (χ0v) is 12.6. The Morgan fingerprint density at radius 3 is 2.43 bits per heavy atom. The standard InChI is InChI=1S/C18H22N2O/c1-3-15-8-10-17(11-9-15)19-13-18(21)20-12-16-7-5-4-6-14(16)2/h4-11,19H,3,12-13H2,1-2H3,(H,20,21). The molecule has 0 atom stereocenters. The average molecular weight is 282 g/mol. The molecule has 0 heterocycles. The van der Waals surface area contributed by atoms with Crippen molar-refractivity contribution in [3.63, 3.8) is 0 Å². The van der Waals surface area contributed by atoms with E-state index in [4.69, 9.17) is 0 Å². The third-order valence-corrected chi connectivity index (χ3v) is 3.55. The smallest absolute Gasteiger partial charge is 0.239 e. The topological polar surface area (TPSA) is 41.1 Å². The minimum Gasteiger partial charge on any atom is -0.376 e. The SMILES string of the molecule is CCc1ccc(NCC(=O)NCc2ccccc2C)cc1. The molecule has 2 rings (SSSR count). The van der Waals surface area contributed by atoms with Crippen LogP contribution in [0.1, 0.15) is 23.6 Å². The Hall–Kier alpha value is -2.29. The third-order valence-electron chi connectivity index (χ3n) is 3.55. The van der Waals surface area contributed by atoms with Crippen LogP contribution in [0.3, 0.4) is 0 Å². The lowest BCUT2D eigenvalue weighted by molar-refractivity contribution is -0.119. The maximum absolute atomic E-state index is 11.9. The maximum Gasteiger partial charge on any atom is 0.239 e. The Labute approximate surface area is 126 Å². The molecule has 0 fully saturated rings. The summed E-state index contributed by atoms with van der Waals surface area (Å²) in [7, 11) is 0. The van der Waals surface area contributed by atoms with E-state index in [-0.39, 0.29) is 12.5 Å². The normalized spacial score (nSPS) is 10.2. The zero-order valence-electron chi connectivity index (χ0n) is 12.6. The van der Waals surface area contributed by atoms with Gasteiger partial charge in [0.15, 0.2) is 0 Å². The van der Waals surface area contributed by atoms with Crippen LogP contribution in [0.4, 0.5) is 5.69 Å². The average Bonchev–Trinajstić information content (AvgIpc) is 2.52. The quantitative estimate of drug-likeness (QED) is 0.853. The Morgan fingerprint density at radius 1 is 1.05 bits per heavy atom. The fourth-order valence-corrected chi connectivity index (χ4v) is 2.11. The van der Waals surface area contributed by atoms with Crippen LogP contribution in [-0.4, -0.2) is 12.5 Å². The van der Waals surface area contributed by atoms with Crippen LogP contribution in [-0.2, 0) is 17.8 Å². The van der Waals surface area contributed by atoms with Gasteiger partial charge in [-0.1, -0.05) is 43.3 Å². The van der Waals surface area contributed by atoms with Crippen LogP contribution >= 0.6 is 0 Å². The molecule has 1 amide bonds. The van der Waals surface area contributed by atoms with Gasteiger partial charge in [-0.05, 0) is 42.2 Å². The first-order chi connectivity index (χ1) is 10.2. The third kappa shape index (κ3) is 4.63. The lowest BCUT2D eigenvalue weighted by atomic mass is 10.1. The van der Waals surface area contributed by atoms with E-state index < -0.39 is 0 Å². The van der Waals surface area contributed by atoms with Crippen LogP contribution in [0.25, 0.3) is 0 Å². The molecule has 3 heteroatoms. The highest BCUT2D eigenvalue weighted by atomic mass is 16.1. The Balaban J connectivity index is 1.78. The van der Waals surface area contributed by atoms with Gasteiger partial charge in [0.05, 0.1) is 6.54 Å². The number of carbonyl (C=O) groups is 1. The highest BCUT2D eigenvalue weighted by Crippen LogP contribution is 2.09. The van der Waals surface area contributed by atoms with Crippen molar-refractivity contribution in [2.24, 2.45) is 0 Å². The van der Waals surface area contributed by atoms with E-state index >= 15 is 0 Å². The van der Waals surface area contributed by atoms with Crippen molar-refractivity contribution >= 4 is 11.6 Å². The minimum atomic E-state index is -0.00202. The largest absolute Gasteiger partial charge is 0.376 e. The molecule has 0 aliphatic carbocycles. The second kappa shape index (κ2) is 7.48. The van der Waals surface area contributed by atoms with E-state index in [1.807, 2.05) is 30.3 Å². The molecular formula is C18H22N2O. The summed E-state index contributed by atoms with van der Waals surface area (Å²) >= 11 is 0. The van der Waals surface area contributed by atoms with E-state index in [0.717, 1.165) is 17.7 Å². The van der Waals surface area contributed by atoms with Gasteiger partial charge in [-0.3, -0.25) is 4.79 Å². The van der Waals surface area contributed by atoms with Crippen LogP contribution < -0.4 is 10.6 Å². The second-order valence-electron chi connectivity index (χ2n) is 5.11. The lowest BCUT2D eigenvalue weighted by Crippen LogP contribution is -2.29. The van der Waals surface area contributed by atoms with E-state index in [1.165, 1.54) is 11.1 Å². The number of carbonyl (C=O) groups excluding carboxylic acids is 1. The molecule has 0 aliphatic heterocycles. The summed E-state index contributed by atoms with van der Waals surface area (Å²) in [6.45, 7) is 5.04. The predicted molar refractivity (Wildman–Crippen MR) is 87.3 cm³/mol. The molecule has 2 aromatic rings. The van der Waals surface area contributed by atoms with Gasteiger partial charge in [-0.25, -0.2) is 0 Å². The zero-order chi connectivity index (χ0) is 15.1. The molecule has 2 aromatic carbocycles. The van der Waals surface area contributed by atoms with Crippen LogP contribution in [0.5, 0.6) is 0 Å². The number of rotatable bonds is 6. The van der Waals surface area contributed by atoms with E-state index in [0.29, 0.717) is 6.54 Å². The van der Waals surface area contributed by atoms with Gasteiger partial charge in [-0.15, -0.1) is 0 Å². The predicted octanol–water partition coefficient (Wildman–Crippen LogP) is 3.29. The first kappa shape index (κ1) is 15.1. The molecule has 2 N–H and O–H groups in total. The van der Waals surface area contributed by atoms with Crippen molar-refractivity contribution < 1.29 is 4.79 Å². The van der Waals surface area contributed by atoms with E-state index in [9.17, 15) is 4.79 Å². The summed E-state index contributed by atoms with van der Waals surface area (Å²) in [5.74, 6) is -0.00202. The van der Waals surface area contributed by atoms with Crippen LogP contribution in [0, 0.1) is 6.92 Å². The molecular weight excluding hydrogens is 260 g/mol. The van der Waals surface area contributed by atoms with E-state index in [1.54, 1.807) is 0 Å². The van der Waals surface area contributed by atoms with Crippen molar-refractivity contribution in [3.05, 3.63) is 65.2 Å². The minimum absolute atomic E-state index is 0.00202. The fraction of sp³-hybridized carbons (Fsp3) is 0.278. The summed E-state index contributed by atoms with van der Waals surface area (Å²) in [6.07, 6.45) is 1.02. The Morgan fingerprint density at radius 2 is 1.76 bits per heavy atom. The van der Waals surface area contributed by atoms with Gasteiger partial charge in [0.1, 0.15) is 0 Å². The van der Waals surface area contributed by atoms with Crippen molar-refractivity contribution in [2.75, 3.05) is 11.9 Å². The first-order valence-electron chi connectivity index (χ1n) is 7.33. The highest BCUT2D eigenvalue weighted by Gasteiger charge is 2.02. The number of hydrogen-bond acceptors (Lipinski definition) is 2. The van der Waals surface area contributed by atoms with Gasteiger partial charge < -0.3 is 10.6 Å². The maximum atomic E-state index is 11.9. The van der Waals surface area contributed by atoms with Gasteiger partial charge in [0.25, 0.3) is 0 Å². The van der Waals surface area contributed by atoms with Crippen molar-refractivity contribution in [2.45, 2.75) is 26.8 Å². The molecule has 0 spiro atoms. The fourth-order valence-electron chi connectivity index (χ4n) is 2.11. The number of nitrogens with one attached hydrogen (secondary N) is 2. The molecule has 0 saturated carbocycles. The molecule has 110 valence electrons. The number of anilines is 1. The summed E-state index contributed by atoms with van der Waals surface area (Å²) in [5.41, 5.74) is 4.61. The van der Waals surface area contributed by atoms with Gasteiger partial charge in [0, 0.05) is 12.2 Å². The van der Waals surface area contributed by atoms with E-state index in [2.05, 4.69) is 42.7 Å². The van der Waals surface area contributed by atoms with Gasteiger partial charge >= 0.3 is 0 Å². The highest BCUT2D eigenvalue weighted by molar-refractivity contribution is 5.80. The second-order valence-corrected chi connectivity index (χ2v) is 5.11. The number of hydrogen-bond donors (Lipinski definition) is 2. The molecule has 0 unspecified atom stereocenters. The van der Waals surface area contributed by atoms with Crippen molar-refractivity contribution in [3.8, 4) is 0 Å². The van der Waals surface area contributed by atoms with Crippen molar-refractivity contribution in [1.82, 2.24) is 5.32 Å². The molecule has 0 saturated heterocycles.